The first kappa shape index (κ1) is 17.3. The predicted octanol–water partition coefficient (Wildman–Crippen LogP) is 2.76. The van der Waals surface area contributed by atoms with Gasteiger partial charge in [-0.1, -0.05) is 11.8 Å². The molecule has 0 radical (unpaired) electrons. The monoisotopic (exact) mass is 368 g/mol. The van der Waals surface area contributed by atoms with Crippen LogP contribution in [0, 0.1) is 0 Å². The van der Waals surface area contributed by atoms with Gasteiger partial charge < -0.3 is 15.5 Å². The molecule has 1 aliphatic heterocycles. The summed E-state index contributed by atoms with van der Waals surface area (Å²) in [6, 6.07) is 8.49. The minimum atomic E-state index is 0.840. The summed E-state index contributed by atoms with van der Waals surface area (Å²) in [6.07, 6.45) is 1.85. The lowest BCUT2D eigenvalue weighted by Gasteiger charge is -2.19. The normalized spacial score (nSPS) is 12.6. The molecule has 3 aromatic rings. The number of aromatic nitrogens is 3. The molecule has 0 saturated carbocycles. The van der Waals surface area contributed by atoms with E-state index in [9.17, 15) is 0 Å². The second-order valence-electron chi connectivity index (χ2n) is 6.69. The molecule has 4 rings (SSSR count). The zero-order valence-electron chi connectivity index (χ0n) is 15.4. The van der Waals surface area contributed by atoms with Crippen molar-refractivity contribution in [3.8, 4) is 11.4 Å². The number of nitrogens with one attached hydrogen (secondary N) is 2. The average molecular weight is 369 g/mol. The predicted molar refractivity (Wildman–Crippen MR) is 108 cm³/mol. The first-order chi connectivity index (χ1) is 12.7. The summed E-state index contributed by atoms with van der Waals surface area (Å²) in [5.41, 5.74) is 4.33. The van der Waals surface area contributed by atoms with Gasteiger partial charge in [-0.2, -0.15) is 5.10 Å². The van der Waals surface area contributed by atoms with Crippen LogP contribution in [0.5, 0.6) is 0 Å². The topological polar surface area (TPSA) is 58.0 Å². The first-order valence-corrected chi connectivity index (χ1v) is 9.70. The number of hydrogen-bond acceptors (Lipinski definition) is 6. The van der Waals surface area contributed by atoms with Crippen LogP contribution < -0.4 is 10.6 Å². The minimum Gasteiger partial charge on any atom is -0.383 e. The standard InChI is InChI=1S/C19H24N6S/c1-20-9-12-25-14-7-6-13(21-10-11-24(2)3)19-16(14)18(23-25)17-15(26-19)5-4-8-22-17/h4-8,20-21H,9-12H2,1-3H3. The van der Waals surface area contributed by atoms with Gasteiger partial charge in [0.1, 0.15) is 11.4 Å². The van der Waals surface area contributed by atoms with Crippen LogP contribution in [0.4, 0.5) is 5.69 Å². The van der Waals surface area contributed by atoms with Crippen molar-refractivity contribution in [1.29, 1.82) is 0 Å². The number of rotatable bonds is 7. The van der Waals surface area contributed by atoms with Crippen LogP contribution in [-0.2, 0) is 6.54 Å². The quantitative estimate of drug-likeness (QED) is 0.523. The summed E-state index contributed by atoms with van der Waals surface area (Å²) in [5, 5.41) is 12.9. The van der Waals surface area contributed by atoms with Gasteiger partial charge in [-0.25, -0.2) is 0 Å². The van der Waals surface area contributed by atoms with Gasteiger partial charge >= 0.3 is 0 Å². The van der Waals surface area contributed by atoms with E-state index in [1.165, 1.54) is 26.4 Å². The number of benzene rings is 1. The van der Waals surface area contributed by atoms with Crippen molar-refractivity contribution < 1.29 is 0 Å². The molecular weight excluding hydrogens is 344 g/mol. The number of fused-ring (bicyclic) bond motifs is 2. The van der Waals surface area contributed by atoms with E-state index >= 15 is 0 Å². The van der Waals surface area contributed by atoms with Crippen molar-refractivity contribution >= 4 is 28.4 Å². The van der Waals surface area contributed by atoms with E-state index in [1.54, 1.807) is 11.8 Å². The van der Waals surface area contributed by atoms with Crippen LogP contribution in [-0.4, -0.2) is 60.4 Å². The maximum Gasteiger partial charge on any atom is 0.121 e. The van der Waals surface area contributed by atoms with Gasteiger partial charge in [0.15, 0.2) is 0 Å². The molecule has 1 aliphatic rings. The van der Waals surface area contributed by atoms with E-state index in [1.807, 2.05) is 19.3 Å². The highest BCUT2D eigenvalue weighted by Crippen LogP contribution is 2.49. The fourth-order valence-electron chi connectivity index (χ4n) is 3.21. The molecule has 7 heteroatoms. The third kappa shape index (κ3) is 3.06. The molecule has 2 aromatic heterocycles. The lowest BCUT2D eigenvalue weighted by Crippen LogP contribution is -2.21. The van der Waals surface area contributed by atoms with Gasteiger partial charge in [-0.3, -0.25) is 9.67 Å². The molecular formula is C19H24N6S. The van der Waals surface area contributed by atoms with E-state index in [2.05, 4.69) is 57.5 Å². The van der Waals surface area contributed by atoms with Gasteiger partial charge in [0.05, 0.1) is 12.1 Å². The number of pyridine rings is 1. The molecule has 0 amide bonds. The highest BCUT2D eigenvalue weighted by Gasteiger charge is 2.26. The first-order valence-electron chi connectivity index (χ1n) is 8.89. The zero-order chi connectivity index (χ0) is 18.1. The van der Waals surface area contributed by atoms with Gasteiger partial charge in [-0.15, -0.1) is 0 Å². The minimum absolute atomic E-state index is 0.840. The van der Waals surface area contributed by atoms with Crippen LogP contribution in [0.3, 0.4) is 0 Å². The van der Waals surface area contributed by atoms with Crippen LogP contribution in [0.15, 0.2) is 40.3 Å². The molecule has 0 bridgehead atoms. The van der Waals surface area contributed by atoms with Crippen LogP contribution >= 0.6 is 11.8 Å². The molecule has 0 saturated heterocycles. The van der Waals surface area contributed by atoms with E-state index in [0.29, 0.717) is 0 Å². The average Bonchev–Trinajstić information content (AvgIpc) is 3.01. The third-order valence-corrected chi connectivity index (χ3v) is 5.70. The molecule has 0 aliphatic carbocycles. The Morgan fingerprint density at radius 2 is 2.04 bits per heavy atom. The van der Waals surface area contributed by atoms with Crippen LogP contribution in [0.2, 0.25) is 0 Å². The molecule has 3 heterocycles. The van der Waals surface area contributed by atoms with Gasteiger partial charge in [0.25, 0.3) is 0 Å². The largest absolute Gasteiger partial charge is 0.383 e. The molecule has 1 aromatic carbocycles. The summed E-state index contributed by atoms with van der Waals surface area (Å²) in [4.78, 5) is 9.22. The van der Waals surface area contributed by atoms with E-state index in [0.717, 1.165) is 37.6 Å². The van der Waals surface area contributed by atoms with E-state index in [4.69, 9.17) is 5.10 Å². The maximum atomic E-state index is 4.91. The summed E-state index contributed by atoms with van der Waals surface area (Å²) in [5.74, 6) is 0. The maximum absolute atomic E-state index is 4.91. The Hall–Kier alpha value is -2.09. The Kier molecular flexibility index (Phi) is 4.84. The summed E-state index contributed by atoms with van der Waals surface area (Å²) in [6.45, 7) is 3.63. The number of hydrogen-bond donors (Lipinski definition) is 2. The van der Waals surface area contributed by atoms with E-state index < -0.39 is 0 Å². The Labute approximate surface area is 158 Å². The molecule has 0 fully saturated rings. The Morgan fingerprint density at radius 3 is 2.85 bits per heavy atom. The second kappa shape index (κ2) is 7.26. The summed E-state index contributed by atoms with van der Waals surface area (Å²) in [7, 11) is 6.15. The van der Waals surface area contributed by atoms with Crippen molar-refractivity contribution in [2.75, 3.05) is 46.1 Å². The van der Waals surface area contributed by atoms with Gasteiger partial charge in [0.2, 0.25) is 0 Å². The molecule has 0 atom stereocenters. The smallest absolute Gasteiger partial charge is 0.121 e. The summed E-state index contributed by atoms with van der Waals surface area (Å²) >= 11 is 1.79. The second-order valence-corrected chi connectivity index (χ2v) is 7.75. The lowest BCUT2D eigenvalue weighted by atomic mass is 10.1. The van der Waals surface area contributed by atoms with Gasteiger partial charge in [-0.05, 0) is 45.4 Å². The highest BCUT2D eigenvalue weighted by atomic mass is 32.2. The zero-order valence-corrected chi connectivity index (χ0v) is 16.2. The SMILES string of the molecule is CNCCn1nc2c3c(c(NCCN(C)C)ccc31)Sc1cccnc1-2. The lowest BCUT2D eigenvalue weighted by molar-refractivity contribution is 0.425. The van der Waals surface area contributed by atoms with Crippen molar-refractivity contribution in [3.05, 3.63) is 30.5 Å². The number of likely N-dealkylation sites (N-methyl/N-ethyl adjacent to an activating group) is 2. The fraction of sp³-hybridized carbons (Fsp3) is 0.368. The van der Waals surface area contributed by atoms with Crippen molar-refractivity contribution in [2.24, 2.45) is 0 Å². The summed E-state index contributed by atoms with van der Waals surface area (Å²) < 4.78 is 2.10. The molecule has 26 heavy (non-hydrogen) atoms. The van der Waals surface area contributed by atoms with E-state index in [-0.39, 0.29) is 0 Å². The highest BCUT2D eigenvalue weighted by molar-refractivity contribution is 8.00. The number of nitrogens with zero attached hydrogens (tertiary/aromatic N) is 4. The van der Waals surface area contributed by atoms with Gasteiger partial charge in [0, 0.05) is 46.7 Å². The Morgan fingerprint density at radius 1 is 1.15 bits per heavy atom. The van der Waals surface area contributed by atoms with Crippen molar-refractivity contribution in [1.82, 2.24) is 25.0 Å². The van der Waals surface area contributed by atoms with Crippen LogP contribution in [0.1, 0.15) is 0 Å². The number of anilines is 1. The third-order valence-electron chi connectivity index (χ3n) is 4.53. The van der Waals surface area contributed by atoms with Crippen molar-refractivity contribution in [2.45, 2.75) is 16.3 Å². The van der Waals surface area contributed by atoms with Crippen LogP contribution in [0.25, 0.3) is 22.3 Å². The molecule has 136 valence electrons. The molecule has 0 unspecified atom stereocenters. The molecule has 6 nitrogen and oxygen atoms in total. The fourth-order valence-corrected chi connectivity index (χ4v) is 4.38. The van der Waals surface area contributed by atoms with Crippen molar-refractivity contribution in [3.63, 3.8) is 0 Å². The Bertz CT molecular complexity index is 933. The molecule has 2 N–H and O–H groups in total. The Balaban J connectivity index is 1.82. The molecule has 0 spiro atoms.